The van der Waals surface area contributed by atoms with Crippen molar-refractivity contribution in [2.75, 3.05) is 36.0 Å². The summed E-state index contributed by atoms with van der Waals surface area (Å²) >= 11 is 1.48. The van der Waals surface area contributed by atoms with Gasteiger partial charge < -0.3 is 14.4 Å². The van der Waals surface area contributed by atoms with E-state index < -0.39 is 0 Å². The van der Waals surface area contributed by atoms with Crippen LogP contribution in [0.1, 0.15) is 10.6 Å². The van der Waals surface area contributed by atoms with Crippen LogP contribution in [-0.2, 0) is 7.05 Å². The Hall–Kier alpha value is -2.92. The highest BCUT2D eigenvalue weighted by atomic mass is 32.1. The number of thiazole rings is 1. The standard InChI is InChI=1S/C21H20FN5OS/c1-12-24-18-19(17(7-23)20(28)25(2)21(18)29-12)27-10-13-8-26(9-14(13)11-27)16-5-3-15(22)4-6-16/h3-6,13-14H,8-11H2,1-2H3/t13-,14?/m1/s1. The average molecular weight is 409 g/mol. The van der Waals surface area contributed by atoms with Crippen LogP contribution in [0.5, 0.6) is 0 Å². The van der Waals surface area contributed by atoms with Gasteiger partial charge in [0, 0.05) is 50.7 Å². The lowest BCUT2D eigenvalue weighted by Crippen LogP contribution is -2.31. The molecular formula is C21H20FN5OS. The van der Waals surface area contributed by atoms with Gasteiger partial charge in [0.05, 0.1) is 10.7 Å². The average Bonchev–Trinajstić information content (AvgIpc) is 3.37. The smallest absolute Gasteiger partial charge is 0.271 e. The molecule has 2 aliphatic rings. The highest BCUT2D eigenvalue weighted by molar-refractivity contribution is 7.18. The molecule has 1 unspecified atom stereocenters. The second-order valence-corrected chi connectivity index (χ2v) is 9.07. The normalized spacial score (nSPS) is 21.0. The lowest BCUT2D eigenvalue weighted by Gasteiger charge is -2.25. The Morgan fingerprint density at radius 1 is 1.14 bits per heavy atom. The van der Waals surface area contributed by atoms with Gasteiger partial charge >= 0.3 is 0 Å². The summed E-state index contributed by atoms with van der Waals surface area (Å²) in [6.45, 7) is 5.27. The van der Waals surface area contributed by atoms with Crippen molar-refractivity contribution in [3.63, 3.8) is 0 Å². The maximum atomic E-state index is 13.2. The topological polar surface area (TPSA) is 65.2 Å². The number of fused-ring (bicyclic) bond motifs is 2. The second-order valence-electron chi connectivity index (χ2n) is 7.89. The number of rotatable bonds is 2. The van der Waals surface area contributed by atoms with E-state index in [2.05, 4.69) is 20.9 Å². The van der Waals surface area contributed by atoms with Crippen molar-refractivity contribution in [3.8, 4) is 6.07 Å². The van der Waals surface area contributed by atoms with Crippen LogP contribution in [0.15, 0.2) is 29.1 Å². The van der Waals surface area contributed by atoms with Gasteiger partial charge in [-0.2, -0.15) is 5.26 Å². The number of benzene rings is 1. The minimum absolute atomic E-state index is 0.181. The zero-order valence-electron chi connectivity index (χ0n) is 16.2. The van der Waals surface area contributed by atoms with Crippen LogP contribution in [0.2, 0.25) is 0 Å². The zero-order valence-corrected chi connectivity index (χ0v) is 17.0. The number of halogens is 1. The Balaban J connectivity index is 1.47. The van der Waals surface area contributed by atoms with Gasteiger partial charge in [-0.05, 0) is 31.2 Å². The fourth-order valence-corrected chi connectivity index (χ4v) is 5.60. The summed E-state index contributed by atoms with van der Waals surface area (Å²) in [6, 6.07) is 8.77. The largest absolute Gasteiger partial charge is 0.371 e. The number of nitriles is 1. The molecular weight excluding hydrogens is 389 g/mol. The first-order valence-corrected chi connectivity index (χ1v) is 10.4. The molecule has 3 aromatic rings. The maximum absolute atomic E-state index is 13.2. The Bertz CT molecular complexity index is 1200. The minimum Gasteiger partial charge on any atom is -0.371 e. The molecule has 0 radical (unpaired) electrons. The lowest BCUT2D eigenvalue weighted by atomic mass is 10.0. The van der Waals surface area contributed by atoms with Crippen molar-refractivity contribution in [1.82, 2.24) is 9.55 Å². The first kappa shape index (κ1) is 18.1. The van der Waals surface area contributed by atoms with E-state index in [-0.39, 0.29) is 16.9 Å². The summed E-state index contributed by atoms with van der Waals surface area (Å²) < 4.78 is 14.8. The van der Waals surface area contributed by atoms with E-state index in [4.69, 9.17) is 0 Å². The summed E-state index contributed by atoms with van der Waals surface area (Å²) in [7, 11) is 1.70. The summed E-state index contributed by atoms with van der Waals surface area (Å²) in [4.78, 5) is 22.7. The maximum Gasteiger partial charge on any atom is 0.271 e. The van der Waals surface area contributed by atoms with Gasteiger partial charge in [-0.25, -0.2) is 9.37 Å². The van der Waals surface area contributed by atoms with Crippen LogP contribution in [0, 0.1) is 35.9 Å². The van der Waals surface area contributed by atoms with Gasteiger partial charge in [0.25, 0.3) is 5.56 Å². The third-order valence-electron chi connectivity index (χ3n) is 6.11. The molecule has 0 N–H and O–H groups in total. The molecule has 0 bridgehead atoms. The fraction of sp³-hybridized carbons (Fsp3) is 0.381. The number of anilines is 2. The number of aryl methyl sites for hydroxylation is 2. The quantitative estimate of drug-likeness (QED) is 0.651. The van der Waals surface area contributed by atoms with E-state index in [0.29, 0.717) is 17.5 Å². The zero-order chi connectivity index (χ0) is 20.3. The van der Waals surface area contributed by atoms with E-state index in [1.807, 2.05) is 19.1 Å². The number of hydrogen-bond donors (Lipinski definition) is 0. The fourth-order valence-electron chi connectivity index (χ4n) is 4.72. The van der Waals surface area contributed by atoms with Crippen molar-refractivity contribution < 1.29 is 4.39 Å². The van der Waals surface area contributed by atoms with Crippen molar-refractivity contribution in [2.45, 2.75) is 6.92 Å². The van der Waals surface area contributed by atoms with Crippen molar-refractivity contribution >= 4 is 33.1 Å². The molecule has 2 saturated heterocycles. The van der Waals surface area contributed by atoms with Crippen LogP contribution in [0.25, 0.3) is 10.3 Å². The predicted octanol–water partition coefficient (Wildman–Crippen LogP) is 2.89. The van der Waals surface area contributed by atoms with Crippen LogP contribution >= 0.6 is 11.3 Å². The second kappa shape index (κ2) is 6.56. The molecule has 2 aliphatic heterocycles. The molecule has 4 heterocycles. The Morgan fingerprint density at radius 3 is 2.38 bits per heavy atom. The first-order chi connectivity index (χ1) is 14.0. The van der Waals surface area contributed by atoms with Crippen LogP contribution in [-0.4, -0.2) is 35.7 Å². The highest BCUT2D eigenvalue weighted by Gasteiger charge is 2.41. The Labute approximate surface area is 171 Å². The first-order valence-electron chi connectivity index (χ1n) is 9.62. The van der Waals surface area contributed by atoms with Crippen LogP contribution < -0.4 is 15.4 Å². The molecule has 8 heteroatoms. The molecule has 6 nitrogen and oxygen atoms in total. The molecule has 0 aliphatic carbocycles. The van der Waals surface area contributed by atoms with Crippen LogP contribution in [0.4, 0.5) is 15.8 Å². The van der Waals surface area contributed by atoms with Gasteiger partial charge in [0.15, 0.2) is 0 Å². The van der Waals surface area contributed by atoms with Gasteiger partial charge in [-0.15, -0.1) is 11.3 Å². The summed E-state index contributed by atoms with van der Waals surface area (Å²) in [5.41, 5.74) is 2.40. The highest BCUT2D eigenvalue weighted by Crippen LogP contribution is 2.39. The molecule has 0 amide bonds. The summed E-state index contributed by atoms with van der Waals surface area (Å²) in [6.07, 6.45) is 0. The Morgan fingerprint density at radius 2 is 1.76 bits per heavy atom. The van der Waals surface area contributed by atoms with Gasteiger partial charge in [0.2, 0.25) is 0 Å². The molecule has 1 aromatic carbocycles. The molecule has 0 saturated carbocycles. The Kier molecular flexibility index (Phi) is 4.10. The van der Waals surface area contributed by atoms with Crippen molar-refractivity contribution in [2.24, 2.45) is 18.9 Å². The predicted molar refractivity (Wildman–Crippen MR) is 112 cm³/mol. The number of pyridine rings is 1. The third kappa shape index (κ3) is 2.80. The van der Waals surface area contributed by atoms with Gasteiger partial charge in [-0.1, -0.05) is 0 Å². The molecule has 2 atom stereocenters. The van der Waals surface area contributed by atoms with Crippen LogP contribution in [0.3, 0.4) is 0 Å². The van der Waals surface area contributed by atoms with Crippen molar-refractivity contribution in [1.29, 1.82) is 5.26 Å². The number of nitrogens with zero attached hydrogens (tertiary/aromatic N) is 5. The molecule has 2 aromatic heterocycles. The number of hydrogen-bond acceptors (Lipinski definition) is 6. The van der Waals surface area contributed by atoms with E-state index >= 15 is 0 Å². The van der Waals surface area contributed by atoms with E-state index in [9.17, 15) is 14.4 Å². The van der Waals surface area contributed by atoms with Gasteiger partial charge in [-0.3, -0.25) is 4.79 Å². The van der Waals surface area contributed by atoms with E-state index in [1.165, 1.54) is 28.0 Å². The molecule has 2 fully saturated rings. The molecule has 5 rings (SSSR count). The molecule has 29 heavy (non-hydrogen) atoms. The number of aromatic nitrogens is 2. The summed E-state index contributed by atoms with van der Waals surface area (Å²) in [5.74, 6) is 0.646. The molecule has 0 spiro atoms. The van der Waals surface area contributed by atoms with Crippen molar-refractivity contribution in [3.05, 3.63) is 51.0 Å². The SMILES string of the molecule is Cc1nc2c(N3CC4CN(c5ccc(F)cc5)C[C@@H]4C3)c(C#N)c(=O)n(C)c2s1. The third-order valence-corrected chi connectivity index (χ3v) is 7.15. The molecule has 148 valence electrons. The van der Waals surface area contributed by atoms with E-state index in [0.717, 1.165) is 47.2 Å². The van der Waals surface area contributed by atoms with E-state index in [1.54, 1.807) is 7.05 Å². The minimum atomic E-state index is -0.261. The monoisotopic (exact) mass is 409 g/mol. The van der Waals surface area contributed by atoms with Gasteiger partial charge in [0.1, 0.15) is 27.8 Å². The lowest BCUT2D eigenvalue weighted by molar-refractivity contribution is 0.533. The summed E-state index contributed by atoms with van der Waals surface area (Å²) in [5, 5.41) is 10.6.